The van der Waals surface area contributed by atoms with E-state index < -0.39 is 0 Å². The summed E-state index contributed by atoms with van der Waals surface area (Å²) in [5, 5.41) is 12.8. The molecule has 18 heavy (non-hydrogen) atoms. The van der Waals surface area contributed by atoms with E-state index >= 15 is 0 Å². The maximum absolute atomic E-state index is 8.88. The lowest BCUT2D eigenvalue weighted by Crippen LogP contribution is -2.05. The fourth-order valence-electron chi connectivity index (χ4n) is 1.57. The summed E-state index contributed by atoms with van der Waals surface area (Å²) >= 11 is 11.2. The molecule has 2 aromatic rings. The van der Waals surface area contributed by atoms with Gasteiger partial charge in [-0.25, -0.2) is 0 Å². The van der Waals surface area contributed by atoms with Crippen molar-refractivity contribution in [3.05, 3.63) is 49.6 Å². The molecule has 0 aliphatic carbocycles. The molecule has 0 fully saturated rings. The first-order valence-corrected chi connectivity index (χ1v) is 7.30. The maximum Gasteiger partial charge on any atom is 0.0992 e. The van der Waals surface area contributed by atoms with Crippen LogP contribution in [0.1, 0.15) is 23.4 Å². The van der Waals surface area contributed by atoms with Crippen LogP contribution in [0.25, 0.3) is 0 Å². The molecule has 1 unspecified atom stereocenters. The first-order chi connectivity index (χ1) is 8.60. The molecule has 0 spiro atoms. The Labute approximate surface area is 123 Å². The van der Waals surface area contributed by atoms with Crippen molar-refractivity contribution in [2.75, 3.05) is 5.32 Å². The van der Waals surface area contributed by atoms with Gasteiger partial charge in [0.2, 0.25) is 0 Å². The van der Waals surface area contributed by atoms with E-state index in [-0.39, 0.29) is 6.04 Å². The number of halogens is 2. The lowest BCUT2D eigenvalue weighted by atomic mass is 10.2. The average Bonchev–Trinajstić information content (AvgIpc) is 2.79. The second-order valence-corrected chi connectivity index (χ2v) is 6.72. The van der Waals surface area contributed by atoms with Crippen molar-refractivity contribution in [2.24, 2.45) is 0 Å². The molecule has 2 nitrogen and oxygen atoms in total. The van der Waals surface area contributed by atoms with Crippen LogP contribution < -0.4 is 5.32 Å². The van der Waals surface area contributed by atoms with Crippen molar-refractivity contribution in [3.8, 4) is 6.07 Å². The van der Waals surface area contributed by atoms with E-state index in [1.54, 1.807) is 29.5 Å². The summed E-state index contributed by atoms with van der Waals surface area (Å²) in [6.07, 6.45) is 0. The molecule has 0 saturated carbocycles. The van der Waals surface area contributed by atoms with E-state index in [0.717, 1.165) is 9.47 Å². The monoisotopic (exact) mass is 340 g/mol. The van der Waals surface area contributed by atoms with Gasteiger partial charge in [-0.15, -0.1) is 11.3 Å². The number of rotatable bonds is 3. The number of hydrogen-bond acceptors (Lipinski definition) is 3. The van der Waals surface area contributed by atoms with Crippen LogP contribution >= 0.6 is 38.9 Å². The van der Waals surface area contributed by atoms with Crippen molar-refractivity contribution >= 4 is 44.6 Å². The highest BCUT2D eigenvalue weighted by Crippen LogP contribution is 2.31. The van der Waals surface area contributed by atoms with Gasteiger partial charge in [0.25, 0.3) is 0 Å². The van der Waals surface area contributed by atoms with Crippen LogP contribution in [0.4, 0.5) is 5.69 Å². The minimum Gasteiger partial charge on any atom is -0.376 e. The van der Waals surface area contributed by atoms with Crippen LogP contribution in [0.3, 0.4) is 0 Å². The number of nitrogens with one attached hydrogen (secondary N) is 1. The zero-order chi connectivity index (χ0) is 13.1. The zero-order valence-electron chi connectivity index (χ0n) is 9.58. The molecule has 0 aliphatic rings. The SMILES string of the molecule is CC(Nc1cc(C#N)ccc1Cl)c1ccc(Br)s1. The molecule has 1 heterocycles. The molecule has 0 aliphatic heterocycles. The molecule has 0 saturated heterocycles. The second-order valence-electron chi connectivity index (χ2n) is 3.81. The third-order valence-corrected chi connectivity index (χ3v) is 4.62. The predicted molar refractivity (Wildman–Crippen MR) is 80.2 cm³/mol. The van der Waals surface area contributed by atoms with Crippen LogP contribution in [0, 0.1) is 11.3 Å². The van der Waals surface area contributed by atoms with Crippen molar-refractivity contribution in [3.63, 3.8) is 0 Å². The van der Waals surface area contributed by atoms with E-state index in [9.17, 15) is 0 Å². The molecular weight excluding hydrogens is 332 g/mol. The molecule has 1 aromatic carbocycles. The highest BCUT2D eigenvalue weighted by molar-refractivity contribution is 9.11. The summed E-state index contributed by atoms with van der Waals surface area (Å²) in [7, 11) is 0. The Bertz CT molecular complexity index is 603. The zero-order valence-corrected chi connectivity index (χ0v) is 12.7. The lowest BCUT2D eigenvalue weighted by Gasteiger charge is -2.15. The first-order valence-electron chi connectivity index (χ1n) is 5.31. The molecule has 1 N–H and O–H groups in total. The van der Waals surface area contributed by atoms with Gasteiger partial charge in [-0.2, -0.15) is 5.26 Å². The van der Waals surface area contributed by atoms with E-state index in [1.807, 2.05) is 6.07 Å². The van der Waals surface area contributed by atoms with Gasteiger partial charge in [-0.1, -0.05) is 11.6 Å². The Kier molecular flexibility index (Phi) is 4.28. The lowest BCUT2D eigenvalue weighted by molar-refractivity contribution is 0.908. The molecular formula is C13H10BrClN2S. The topological polar surface area (TPSA) is 35.8 Å². The Morgan fingerprint density at radius 1 is 1.39 bits per heavy atom. The standard InChI is InChI=1S/C13H10BrClN2S/c1-8(12-4-5-13(14)18-12)17-11-6-9(7-16)2-3-10(11)15/h2-6,8,17H,1H3. The fourth-order valence-corrected chi connectivity index (χ4v) is 3.17. The van der Waals surface area contributed by atoms with Gasteiger partial charge in [-0.3, -0.25) is 0 Å². The van der Waals surface area contributed by atoms with Crippen molar-refractivity contribution in [1.29, 1.82) is 5.26 Å². The number of benzene rings is 1. The predicted octanol–water partition coefficient (Wildman–Crippen LogP) is 5.21. The summed E-state index contributed by atoms with van der Waals surface area (Å²) in [6, 6.07) is 11.5. The molecule has 0 amide bonds. The summed E-state index contributed by atoms with van der Waals surface area (Å²) in [5.41, 5.74) is 1.38. The minimum absolute atomic E-state index is 0.146. The Hall–Kier alpha value is -1.02. The molecule has 5 heteroatoms. The van der Waals surface area contributed by atoms with Crippen molar-refractivity contribution < 1.29 is 0 Å². The van der Waals surface area contributed by atoms with Gasteiger partial charge in [0.1, 0.15) is 0 Å². The molecule has 1 aromatic heterocycles. The van der Waals surface area contributed by atoms with Crippen LogP contribution in [0.15, 0.2) is 34.1 Å². The number of thiophene rings is 1. The molecule has 92 valence electrons. The van der Waals surface area contributed by atoms with Crippen molar-refractivity contribution in [2.45, 2.75) is 13.0 Å². The van der Waals surface area contributed by atoms with E-state index in [1.165, 1.54) is 4.88 Å². The maximum atomic E-state index is 8.88. The van der Waals surface area contributed by atoms with Crippen LogP contribution in [-0.2, 0) is 0 Å². The molecule has 0 radical (unpaired) electrons. The summed E-state index contributed by atoms with van der Waals surface area (Å²) in [4.78, 5) is 1.21. The highest BCUT2D eigenvalue weighted by Gasteiger charge is 2.10. The summed E-state index contributed by atoms with van der Waals surface area (Å²) in [5.74, 6) is 0. The summed E-state index contributed by atoms with van der Waals surface area (Å²) in [6.45, 7) is 2.06. The van der Waals surface area contributed by atoms with Gasteiger partial charge in [-0.05, 0) is 53.2 Å². The van der Waals surface area contributed by atoms with Gasteiger partial charge in [0.15, 0.2) is 0 Å². The molecule has 0 bridgehead atoms. The fraction of sp³-hybridized carbons (Fsp3) is 0.154. The Morgan fingerprint density at radius 2 is 2.17 bits per heavy atom. The third-order valence-electron chi connectivity index (χ3n) is 2.49. The van der Waals surface area contributed by atoms with Gasteiger partial charge in [0, 0.05) is 4.88 Å². The minimum atomic E-state index is 0.146. The number of anilines is 1. The summed E-state index contributed by atoms with van der Waals surface area (Å²) < 4.78 is 1.10. The Morgan fingerprint density at radius 3 is 2.78 bits per heavy atom. The average molecular weight is 342 g/mol. The van der Waals surface area contributed by atoms with Gasteiger partial charge in [0.05, 0.1) is 32.2 Å². The van der Waals surface area contributed by atoms with E-state index in [2.05, 4.69) is 40.3 Å². The van der Waals surface area contributed by atoms with Gasteiger partial charge >= 0.3 is 0 Å². The van der Waals surface area contributed by atoms with Crippen LogP contribution in [0.2, 0.25) is 5.02 Å². The second kappa shape index (κ2) is 5.75. The van der Waals surface area contributed by atoms with E-state index in [0.29, 0.717) is 10.6 Å². The normalized spacial score (nSPS) is 11.9. The smallest absolute Gasteiger partial charge is 0.0992 e. The van der Waals surface area contributed by atoms with Crippen LogP contribution in [0.5, 0.6) is 0 Å². The number of hydrogen-bond donors (Lipinski definition) is 1. The highest BCUT2D eigenvalue weighted by atomic mass is 79.9. The number of nitrogens with zero attached hydrogens (tertiary/aromatic N) is 1. The van der Waals surface area contributed by atoms with E-state index in [4.69, 9.17) is 16.9 Å². The van der Waals surface area contributed by atoms with Crippen LogP contribution in [-0.4, -0.2) is 0 Å². The molecule has 1 atom stereocenters. The largest absolute Gasteiger partial charge is 0.376 e. The molecule has 2 rings (SSSR count). The van der Waals surface area contributed by atoms with Crippen molar-refractivity contribution in [1.82, 2.24) is 0 Å². The number of nitriles is 1. The Balaban J connectivity index is 2.21. The first kappa shape index (κ1) is 13.4. The quantitative estimate of drug-likeness (QED) is 0.832. The third kappa shape index (κ3) is 3.05. The van der Waals surface area contributed by atoms with Gasteiger partial charge < -0.3 is 5.32 Å².